The van der Waals surface area contributed by atoms with Crippen LogP contribution in [-0.2, 0) is 9.53 Å². The number of hydrogen-bond acceptors (Lipinski definition) is 3. The van der Waals surface area contributed by atoms with Gasteiger partial charge in [0.05, 0.1) is 5.92 Å². The average molecular weight is 348 g/mol. The van der Waals surface area contributed by atoms with Crippen molar-refractivity contribution in [2.75, 3.05) is 19.6 Å². The van der Waals surface area contributed by atoms with E-state index in [2.05, 4.69) is 13.2 Å². The molecule has 140 valence electrons. The molecule has 5 nitrogen and oxygen atoms in total. The van der Waals surface area contributed by atoms with E-state index in [1.807, 2.05) is 31.7 Å². The summed E-state index contributed by atoms with van der Waals surface area (Å²) in [6.07, 6.45) is 7.11. The summed E-state index contributed by atoms with van der Waals surface area (Å²) < 4.78 is 5.55. The van der Waals surface area contributed by atoms with Gasteiger partial charge in [0, 0.05) is 31.6 Å². The Bertz CT molecular complexity index is 518. The van der Waals surface area contributed by atoms with Gasteiger partial charge in [-0.2, -0.15) is 0 Å². The zero-order chi connectivity index (χ0) is 18.6. The predicted molar refractivity (Wildman–Crippen MR) is 99.2 cm³/mol. The molecule has 2 amide bonds. The molecular weight excluding hydrogens is 316 g/mol. The van der Waals surface area contributed by atoms with Gasteiger partial charge in [-0.05, 0) is 46.5 Å². The Kier molecular flexibility index (Phi) is 6.31. The lowest BCUT2D eigenvalue weighted by Crippen LogP contribution is -2.47. The van der Waals surface area contributed by atoms with Crippen molar-refractivity contribution in [2.45, 2.75) is 58.1 Å². The van der Waals surface area contributed by atoms with Crippen molar-refractivity contribution in [2.24, 2.45) is 11.8 Å². The van der Waals surface area contributed by atoms with Gasteiger partial charge < -0.3 is 14.5 Å². The second-order valence-electron chi connectivity index (χ2n) is 7.99. The zero-order valence-corrected chi connectivity index (χ0v) is 15.9. The van der Waals surface area contributed by atoms with Crippen LogP contribution in [0.15, 0.2) is 25.3 Å². The quantitative estimate of drug-likeness (QED) is 0.713. The molecule has 2 saturated heterocycles. The van der Waals surface area contributed by atoms with E-state index < -0.39 is 5.60 Å². The standard InChI is InChI=1S/C20H32N2O3/c1-6-15(16(7-2)18(23)21-12-8-9-13-21)17-11-10-14-22(17)19(24)25-20(3,4)5/h6-7,15-17H,1-2,8-14H2,3-5H3/t15-,16+,17-/m0/s1. The summed E-state index contributed by atoms with van der Waals surface area (Å²) in [4.78, 5) is 29.2. The van der Waals surface area contributed by atoms with E-state index in [9.17, 15) is 9.59 Å². The fourth-order valence-electron chi connectivity index (χ4n) is 3.85. The minimum absolute atomic E-state index is 0.0677. The summed E-state index contributed by atoms with van der Waals surface area (Å²) in [6, 6.07) is -0.0677. The summed E-state index contributed by atoms with van der Waals surface area (Å²) in [5.74, 6) is -0.377. The van der Waals surface area contributed by atoms with Crippen LogP contribution in [0, 0.1) is 11.8 Å². The highest BCUT2D eigenvalue weighted by atomic mass is 16.6. The maximum absolute atomic E-state index is 12.9. The number of likely N-dealkylation sites (tertiary alicyclic amines) is 2. The lowest BCUT2D eigenvalue weighted by Gasteiger charge is -2.35. The number of ether oxygens (including phenoxy) is 1. The number of nitrogens with zero attached hydrogens (tertiary/aromatic N) is 2. The van der Waals surface area contributed by atoms with Crippen LogP contribution in [-0.4, -0.2) is 53.1 Å². The first kappa shape index (κ1) is 19.5. The molecule has 2 heterocycles. The van der Waals surface area contributed by atoms with Crippen LogP contribution in [0.25, 0.3) is 0 Å². The molecule has 0 aromatic heterocycles. The third kappa shape index (κ3) is 4.65. The second kappa shape index (κ2) is 8.07. The molecular formula is C20H32N2O3. The molecule has 0 aromatic carbocycles. The van der Waals surface area contributed by atoms with Gasteiger partial charge in [-0.25, -0.2) is 4.79 Å². The summed E-state index contributed by atoms with van der Waals surface area (Å²) in [5, 5.41) is 0. The van der Waals surface area contributed by atoms with Crippen LogP contribution >= 0.6 is 0 Å². The lowest BCUT2D eigenvalue weighted by molar-refractivity contribution is -0.134. The van der Waals surface area contributed by atoms with Crippen molar-refractivity contribution in [3.8, 4) is 0 Å². The summed E-state index contributed by atoms with van der Waals surface area (Å²) in [7, 11) is 0. The van der Waals surface area contributed by atoms with Crippen LogP contribution in [0.1, 0.15) is 46.5 Å². The largest absolute Gasteiger partial charge is 0.444 e. The van der Waals surface area contributed by atoms with Crippen molar-refractivity contribution in [3.05, 3.63) is 25.3 Å². The number of rotatable bonds is 5. The molecule has 5 heteroatoms. The number of carbonyl (C=O) groups is 2. The molecule has 2 fully saturated rings. The van der Waals surface area contributed by atoms with Crippen molar-refractivity contribution in [1.82, 2.24) is 9.80 Å². The normalized spacial score (nSPS) is 23.2. The first-order chi connectivity index (χ1) is 11.8. The van der Waals surface area contributed by atoms with Crippen molar-refractivity contribution < 1.29 is 14.3 Å². The van der Waals surface area contributed by atoms with Crippen molar-refractivity contribution >= 4 is 12.0 Å². The topological polar surface area (TPSA) is 49.9 Å². The molecule has 0 bridgehead atoms. The second-order valence-corrected chi connectivity index (χ2v) is 7.99. The fraction of sp³-hybridized carbons (Fsp3) is 0.700. The van der Waals surface area contributed by atoms with E-state index in [4.69, 9.17) is 4.74 Å². The van der Waals surface area contributed by atoms with Crippen LogP contribution < -0.4 is 0 Å². The Morgan fingerprint density at radius 3 is 2.24 bits per heavy atom. The van der Waals surface area contributed by atoms with Crippen LogP contribution in [0.4, 0.5) is 4.79 Å². The summed E-state index contributed by atoms with van der Waals surface area (Å²) in [6.45, 7) is 15.7. The predicted octanol–water partition coefficient (Wildman–Crippen LogP) is 3.61. The van der Waals surface area contributed by atoms with E-state index in [1.54, 1.807) is 11.0 Å². The molecule has 0 radical (unpaired) electrons. The van der Waals surface area contributed by atoms with Gasteiger partial charge in [0.2, 0.25) is 5.91 Å². The molecule has 0 N–H and O–H groups in total. The lowest BCUT2D eigenvalue weighted by atomic mass is 9.83. The minimum atomic E-state index is -0.531. The first-order valence-electron chi connectivity index (χ1n) is 9.32. The molecule has 2 aliphatic heterocycles. The third-order valence-electron chi connectivity index (χ3n) is 5.02. The molecule has 0 unspecified atom stereocenters. The minimum Gasteiger partial charge on any atom is -0.444 e. The molecule has 0 saturated carbocycles. The maximum Gasteiger partial charge on any atom is 0.410 e. The highest BCUT2D eigenvalue weighted by molar-refractivity contribution is 5.81. The Morgan fingerprint density at radius 2 is 1.72 bits per heavy atom. The molecule has 0 aromatic rings. The van der Waals surface area contributed by atoms with Crippen LogP contribution in [0.5, 0.6) is 0 Å². The monoisotopic (exact) mass is 348 g/mol. The Morgan fingerprint density at radius 1 is 1.08 bits per heavy atom. The summed E-state index contributed by atoms with van der Waals surface area (Å²) >= 11 is 0. The number of hydrogen-bond donors (Lipinski definition) is 0. The average Bonchev–Trinajstić information content (AvgIpc) is 3.21. The van der Waals surface area contributed by atoms with E-state index in [0.717, 1.165) is 38.8 Å². The third-order valence-corrected chi connectivity index (χ3v) is 5.02. The van der Waals surface area contributed by atoms with Gasteiger partial charge in [-0.1, -0.05) is 12.2 Å². The summed E-state index contributed by atoms with van der Waals surface area (Å²) in [5.41, 5.74) is -0.531. The molecule has 25 heavy (non-hydrogen) atoms. The number of carbonyl (C=O) groups excluding carboxylic acids is 2. The van der Waals surface area contributed by atoms with E-state index in [-0.39, 0.29) is 29.9 Å². The van der Waals surface area contributed by atoms with Crippen LogP contribution in [0.2, 0.25) is 0 Å². The first-order valence-corrected chi connectivity index (χ1v) is 9.32. The molecule has 0 spiro atoms. The molecule has 2 aliphatic rings. The van der Waals surface area contributed by atoms with Crippen molar-refractivity contribution in [3.63, 3.8) is 0 Å². The van der Waals surface area contributed by atoms with Crippen molar-refractivity contribution in [1.29, 1.82) is 0 Å². The Balaban J connectivity index is 2.15. The highest BCUT2D eigenvalue weighted by Gasteiger charge is 2.41. The Labute approximate surface area is 151 Å². The molecule has 2 rings (SSSR count). The van der Waals surface area contributed by atoms with Gasteiger partial charge >= 0.3 is 6.09 Å². The van der Waals surface area contributed by atoms with Gasteiger partial charge in [0.1, 0.15) is 5.60 Å². The Hall–Kier alpha value is -1.78. The molecule has 3 atom stereocenters. The number of amides is 2. The highest BCUT2D eigenvalue weighted by Crippen LogP contribution is 2.33. The van der Waals surface area contributed by atoms with E-state index >= 15 is 0 Å². The zero-order valence-electron chi connectivity index (χ0n) is 15.9. The van der Waals surface area contributed by atoms with Gasteiger partial charge in [0.25, 0.3) is 0 Å². The smallest absolute Gasteiger partial charge is 0.410 e. The van der Waals surface area contributed by atoms with Gasteiger partial charge in [-0.3, -0.25) is 4.79 Å². The maximum atomic E-state index is 12.9. The SMILES string of the molecule is C=C[C@@H]([C@@H](C=C)C(=O)N1CCCC1)[C@@H]1CCCN1C(=O)OC(C)(C)C. The van der Waals surface area contributed by atoms with Gasteiger partial charge in [0.15, 0.2) is 0 Å². The van der Waals surface area contributed by atoms with E-state index in [1.165, 1.54) is 0 Å². The van der Waals surface area contributed by atoms with Gasteiger partial charge in [-0.15, -0.1) is 13.2 Å². The van der Waals surface area contributed by atoms with Crippen LogP contribution in [0.3, 0.4) is 0 Å². The fourth-order valence-corrected chi connectivity index (χ4v) is 3.85. The van der Waals surface area contributed by atoms with E-state index in [0.29, 0.717) is 6.54 Å². The molecule has 0 aliphatic carbocycles.